The molecule has 0 bridgehead atoms. The Labute approximate surface area is 144 Å². The third kappa shape index (κ3) is 3.99. The number of ether oxygens (including phenoxy) is 1. The summed E-state index contributed by atoms with van der Waals surface area (Å²) >= 11 is 0. The van der Waals surface area contributed by atoms with Crippen molar-refractivity contribution in [2.75, 3.05) is 6.61 Å². The molecule has 1 aromatic heterocycles. The average Bonchev–Trinajstić information content (AvgIpc) is 2.50. The van der Waals surface area contributed by atoms with Gasteiger partial charge in [0, 0.05) is 11.9 Å². The molecule has 24 heavy (non-hydrogen) atoms. The highest BCUT2D eigenvalue weighted by Crippen LogP contribution is 2.30. The molecule has 0 saturated heterocycles. The first kappa shape index (κ1) is 18.5. The number of pyridine rings is 1. The van der Waals surface area contributed by atoms with Crippen LogP contribution in [0.5, 0.6) is 5.75 Å². The predicted molar refractivity (Wildman–Crippen MR) is 98.7 cm³/mol. The second-order valence-corrected chi connectivity index (χ2v) is 7.64. The van der Waals surface area contributed by atoms with Crippen molar-refractivity contribution in [3.63, 3.8) is 0 Å². The van der Waals surface area contributed by atoms with Gasteiger partial charge in [0.15, 0.2) is 0 Å². The van der Waals surface area contributed by atoms with Crippen molar-refractivity contribution in [1.82, 2.24) is 4.57 Å². The van der Waals surface area contributed by atoms with Crippen molar-refractivity contribution in [2.45, 2.75) is 60.6 Å². The molecule has 0 unspecified atom stereocenters. The molecule has 0 spiro atoms. The zero-order valence-electron chi connectivity index (χ0n) is 15.5. The number of unbranched alkanes of at least 4 members (excludes halogenated alkanes) is 1. The van der Waals surface area contributed by atoms with Crippen LogP contribution in [-0.2, 0) is 13.2 Å². The van der Waals surface area contributed by atoms with Crippen LogP contribution in [0.3, 0.4) is 0 Å². The highest BCUT2D eigenvalue weighted by Gasteiger charge is 2.21. The summed E-state index contributed by atoms with van der Waals surface area (Å²) < 4.78 is 7.71. The second kappa shape index (κ2) is 7.39. The quantitative estimate of drug-likeness (QED) is 0.813. The number of nitrogens with zero attached hydrogens (tertiary/aromatic N) is 1. The van der Waals surface area contributed by atoms with Gasteiger partial charge in [-0.05, 0) is 30.9 Å². The maximum absolute atomic E-state index is 13.0. The number of hydrogen-bond donors (Lipinski definition) is 1. The smallest absolute Gasteiger partial charge is 0.258 e. The van der Waals surface area contributed by atoms with Gasteiger partial charge in [-0.15, -0.1) is 0 Å². The van der Waals surface area contributed by atoms with Crippen molar-refractivity contribution in [1.29, 1.82) is 0 Å². The molecule has 4 heteroatoms. The van der Waals surface area contributed by atoms with Gasteiger partial charge in [0.1, 0.15) is 5.75 Å². The molecule has 1 heterocycles. The van der Waals surface area contributed by atoms with Crippen LogP contribution in [0.4, 0.5) is 0 Å². The normalized spacial score (nSPS) is 11.9. The molecule has 0 amide bonds. The number of aryl methyl sites for hydroxylation is 1. The monoisotopic (exact) mass is 331 g/mol. The van der Waals surface area contributed by atoms with E-state index in [1.54, 1.807) is 4.57 Å². The summed E-state index contributed by atoms with van der Waals surface area (Å²) in [4.78, 5) is 13.0. The van der Waals surface area contributed by atoms with E-state index < -0.39 is 0 Å². The van der Waals surface area contributed by atoms with Gasteiger partial charge in [-0.25, -0.2) is 0 Å². The minimum Gasteiger partial charge on any atom is -0.491 e. The summed E-state index contributed by atoms with van der Waals surface area (Å²) in [5.74, 6) is 0.647. The molecule has 0 atom stereocenters. The summed E-state index contributed by atoms with van der Waals surface area (Å²) in [6, 6.07) is 5.78. The largest absolute Gasteiger partial charge is 0.491 e. The Morgan fingerprint density at radius 2 is 1.92 bits per heavy atom. The van der Waals surface area contributed by atoms with E-state index in [0.29, 0.717) is 30.0 Å². The van der Waals surface area contributed by atoms with Crippen molar-refractivity contribution in [2.24, 2.45) is 5.41 Å². The number of rotatable bonds is 6. The van der Waals surface area contributed by atoms with Crippen molar-refractivity contribution < 1.29 is 9.84 Å². The standard InChI is InChI=1S/C20H29NO3/c1-6-7-10-24-18-16-11-14(2)8-9-15(16)19(23)21(17(18)12-22)13-20(3,4)5/h8-9,11,22H,6-7,10,12-13H2,1-5H3. The van der Waals surface area contributed by atoms with Crippen LogP contribution in [0, 0.1) is 12.3 Å². The summed E-state index contributed by atoms with van der Waals surface area (Å²) in [6.07, 6.45) is 1.98. The lowest BCUT2D eigenvalue weighted by Gasteiger charge is -2.25. The molecule has 1 aromatic carbocycles. The Kier molecular flexibility index (Phi) is 5.70. The molecule has 2 rings (SSSR count). The molecule has 0 aliphatic rings. The van der Waals surface area contributed by atoms with Crippen molar-refractivity contribution in [3.8, 4) is 5.75 Å². The number of aliphatic hydroxyl groups is 1. The molecule has 2 aromatic rings. The fourth-order valence-electron chi connectivity index (χ4n) is 2.86. The summed E-state index contributed by atoms with van der Waals surface area (Å²) in [5, 5.41) is 11.4. The summed E-state index contributed by atoms with van der Waals surface area (Å²) in [5.41, 5.74) is 1.50. The van der Waals surface area contributed by atoms with Crippen molar-refractivity contribution >= 4 is 10.8 Å². The van der Waals surface area contributed by atoms with Gasteiger partial charge in [-0.2, -0.15) is 0 Å². The van der Waals surface area contributed by atoms with E-state index in [4.69, 9.17) is 4.74 Å². The fourth-order valence-corrected chi connectivity index (χ4v) is 2.86. The van der Waals surface area contributed by atoms with Crippen LogP contribution in [-0.4, -0.2) is 16.3 Å². The zero-order chi connectivity index (χ0) is 17.9. The predicted octanol–water partition coefficient (Wildman–Crippen LogP) is 4.03. The maximum Gasteiger partial charge on any atom is 0.258 e. The zero-order valence-corrected chi connectivity index (χ0v) is 15.5. The Morgan fingerprint density at radius 1 is 1.21 bits per heavy atom. The molecular weight excluding hydrogens is 302 g/mol. The van der Waals surface area contributed by atoms with Crippen LogP contribution in [0.1, 0.15) is 51.8 Å². The first-order valence-corrected chi connectivity index (χ1v) is 8.68. The Hall–Kier alpha value is -1.81. The molecule has 132 valence electrons. The van der Waals surface area contributed by atoms with Crippen LogP contribution in [0.2, 0.25) is 0 Å². The molecule has 0 aliphatic heterocycles. The maximum atomic E-state index is 13.0. The van der Waals surface area contributed by atoms with Crippen LogP contribution in [0.15, 0.2) is 23.0 Å². The number of fused-ring (bicyclic) bond motifs is 1. The van der Waals surface area contributed by atoms with Gasteiger partial charge >= 0.3 is 0 Å². The van der Waals surface area contributed by atoms with Crippen molar-refractivity contribution in [3.05, 3.63) is 39.8 Å². The summed E-state index contributed by atoms with van der Waals surface area (Å²) in [7, 11) is 0. The van der Waals surface area contributed by atoms with E-state index in [9.17, 15) is 9.90 Å². The summed E-state index contributed by atoms with van der Waals surface area (Å²) in [6.45, 7) is 11.3. The Balaban J connectivity index is 2.74. The number of hydrogen-bond acceptors (Lipinski definition) is 3. The lowest BCUT2D eigenvalue weighted by Crippen LogP contribution is -2.30. The molecule has 4 nitrogen and oxygen atoms in total. The topological polar surface area (TPSA) is 51.5 Å². The third-order valence-corrected chi connectivity index (χ3v) is 4.01. The SMILES string of the molecule is CCCCOc1c(CO)n(CC(C)(C)C)c(=O)c2ccc(C)cc12. The van der Waals surface area contributed by atoms with Gasteiger partial charge in [-0.1, -0.05) is 45.7 Å². The first-order valence-electron chi connectivity index (χ1n) is 8.68. The Morgan fingerprint density at radius 3 is 2.50 bits per heavy atom. The van der Waals surface area contributed by atoms with E-state index in [2.05, 4.69) is 27.7 Å². The van der Waals surface area contributed by atoms with Gasteiger partial charge in [0.2, 0.25) is 0 Å². The number of aliphatic hydroxyl groups excluding tert-OH is 1. The molecular formula is C20H29NO3. The van der Waals surface area contributed by atoms with Crippen LogP contribution in [0.25, 0.3) is 10.8 Å². The first-order chi connectivity index (χ1) is 11.3. The average molecular weight is 331 g/mol. The van der Waals surface area contributed by atoms with Crippen LogP contribution >= 0.6 is 0 Å². The Bertz CT molecular complexity index is 769. The minimum absolute atomic E-state index is 0.0631. The molecule has 0 radical (unpaired) electrons. The van der Waals surface area contributed by atoms with Gasteiger partial charge in [0.25, 0.3) is 5.56 Å². The highest BCUT2D eigenvalue weighted by molar-refractivity contribution is 5.89. The van der Waals surface area contributed by atoms with E-state index >= 15 is 0 Å². The number of aromatic nitrogens is 1. The fraction of sp³-hybridized carbons (Fsp3) is 0.550. The van der Waals surface area contributed by atoms with Crippen LogP contribution < -0.4 is 10.3 Å². The number of benzene rings is 1. The highest BCUT2D eigenvalue weighted by atomic mass is 16.5. The molecule has 1 N–H and O–H groups in total. The van der Waals surface area contributed by atoms with E-state index in [1.807, 2.05) is 25.1 Å². The molecule has 0 aliphatic carbocycles. The molecule has 0 saturated carbocycles. The minimum atomic E-state index is -0.212. The molecule has 0 fully saturated rings. The van der Waals surface area contributed by atoms with Gasteiger partial charge in [0.05, 0.1) is 24.3 Å². The van der Waals surface area contributed by atoms with E-state index in [0.717, 1.165) is 23.8 Å². The lowest BCUT2D eigenvalue weighted by molar-refractivity contribution is 0.237. The van der Waals surface area contributed by atoms with E-state index in [1.165, 1.54) is 0 Å². The van der Waals surface area contributed by atoms with E-state index in [-0.39, 0.29) is 17.6 Å². The third-order valence-electron chi connectivity index (χ3n) is 4.01. The second-order valence-electron chi connectivity index (χ2n) is 7.64. The van der Waals surface area contributed by atoms with Gasteiger partial charge < -0.3 is 14.4 Å². The lowest BCUT2D eigenvalue weighted by atomic mass is 9.96. The van der Waals surface area contributed by atoms with Gasteiger partial charge in [-0.3, -0.25) is 4.79 Å².